The molecule has 0 bridgehead atoms. The van der Waals surface area contributed by atoms with Gasteiger partial charge in [0.25, 0.3) is 0 Å². The molecule has 0 spiro atoms. The van der Waals surface area contributed by atoms with E-state index in [2.05, 4.69) is 5.10 Å². The Morgan fingerprint density at radius 3 is 2.90 bits per heavy atom. The van der Waals surface area contributed by atoms with Crippen molar-refractivity contribution in [2.24, 2.45) is 7.05 Å². The maximum absolute atomic E-state index is 11.9. The highest BCUT2D eigenvalue weighted by atomic mass is 16.4. The Hall–Kier alpha value is -2.10. The van der Waals surface area contributed by atoms with Crippen LogP contribution in [0.1, 0.15) is 29.7 Å². The predicted octanol–water partition coefficient (Wildman–Crippen LogP) is 2.32. The first kappa shape index (κ1) is 12.9. The highest BCUT2D eigenvalue weighted by Gasteiger charge is 2.44. The molecule has 104 valence electrons. The van der Waals surface area contributed by atoms with Crippen LogP contribution >= 0.6 is 0 Å². The van der Waals surface area contributed by atoms with Crippen molar-refractivity contribution >= 4 is 5.97 Å². The minimum atomic E-state index is -0.735. The number of carboxylic acid groups (broad SMARTS) is 1. The molecular weight excluding hydrogens is 252 g/mol. The zero-order chi connectivity index (χ0) is 14.2. The molecule has 0 fully saturated rings. The first-order chi connectivity index (χ1) is 9.63. The molecule has 1 unspecified atom stereocenters. The van der Waals surface area contributed by atoms with Crippen molar-refractivity contribution in [3.63, 3.8) is 0 Å². The van der Waals surface area contributed by atoms with Crippen LogP contribution in [0.4, 0.5) is 0 Å². The Bertz CT molecular complexity index is 647. The number of benzene rings is 1. The fourth-order valence-electron chi connectivity index (χ4n) is 3.26. The number of aliphatic carboxylic acids is 1. The summed E-state index contributed by atoms with van der Waals surface area (Å²) < 4.78 is 1.82. The van der Waals surface area contributed by atoms with Gasteiger partial charge in [-0.25, -0.2) is 0 Å². The molecule has 2 aromatic rings. The highest BCUT2D eigenvalue weighted by Crippen LogP contribution is 2.42. The number of rotatable bonds is 4. The first-order valence-corrected chi connectivity index (χ1v) is 6.92. The summed E-state index contributed by atoms with van der Waals surface area (Å²) in [5.41, 5.74) is 2.52. The van der Waals surface area contributed by atoms with Gasteiger partial charge in [-0.15, -0.1) is 0 Å². The van der Waals surface area contributed by atoms with Crippen molar-refractivity contribution in [2.45, 2.75) is 31.1 Å². The first-order valence-electron chi connectivity index (χ1n) is 6.92. The molecule has 0 radical (unpaired) electrons. The highest BCUT2D eigenvalue weighted by molar-refractivity contribution is 5.83. The molecule has 1 heterocycles. The summed E-state index contributed by atoms with van der Waals surface area (Å²) in [6.07, 6.45) is 4.66. The number of nitrogens with zero attached hydrogens (tertiary/aromatic N) is 2. The molecule has 20 heavy (non-hydrogen) atoms. The van der Waals surface area contributed by atoms with Gasteiger partial charge in [0, 0.05) is 18.9 Å². The summed E-state index contributed by atoms with van der Waals surface area (Å²) in [5.74, 6) is -0.704. The summed E-state index contributed by atoms with van der Waals surface area (Å²) >= 11 is 0. The van der Waals surface area contributed by atoms with Gasteiger partial charge in [-0.1, -0.05) is 24.3 Å². The second-order valence-electron chi connectivity index (χ2n) is 5.49. The van der Waals surface area contributed by atoms with Crippen molar-refractivity contribution in [1.29, 1.82) is 0 Å². The van der Waals surface area contributed by atoms with Crippen LogP contribution in [0, 0.1) is 0 Å². The maximum atomic E-state index is 11.9. The van der Waals surface area contributed by atoms with E-state index in [0.29, 0.717) is 12.8 Å². The van der Waals surface area contributed by atoms with Gasteiger partial charge in [0.2, 0.25) is 0 Å². The minimum absolute atomic E-state index is 0.624. The van der Waals surface area contributed by atoms with Crippen LogP contribution in [-0.2, 0) is 30.1 Å². The molecule has 1 atom stereocenters. The fraction of sp³-hybridized carbons (Fsp3) is 0.375. The smallest absolute Gasteiger partial charge is 0.314 e. The lowest BCUT2D eigenvalue weighted by atomic mass is 9.77. The number of fused-ring (bicyclic) bond motifs is 1. The topological polar surface area (TPSA) is 55.1 Å². The van der Waals surface area contributed by atoms with Gasteiger partial charge in [-0.05, 0) is 42.9 Å². The van der Waals surface area contributed by atoms with E-state index in [9.17, 15) is 9.90 Å². The van der Waals surface area contributed by atoms with Crippen molar-refractivity contribution in [3.05, 3.63) is 53.3 Å². The number of aromatic nitrogens is 2. The van der Waals surface area contributed by atoms with Crippen LogP contribution in [0.15, 0.2) is 36.5 Å². The molecule has 4 heteroatoms. The lowest BCUT2D eigenvalue weighted by Gasteiger charge is -2.25. The number of carboxylic acids is 1. The van der Waals surface area contributed by atoms with Gasteiger partial charge in [-0.2, -0.15) is 5.10 Å². The monoisotopic (exact) mass is 270 g/mol. The van der Waals surface area contributed by atoms with Gasteiger partial charge < -0.3 is 5.11 Å². The lowest BCUT2D eigenvalue weighted by Crippen LogP contribution is -2.34. The molecule has 1 aliphatic rings. The number of carbonyl (C=O) groups is 1. The molecule has 4 nitrogen and oxygen atoms in total. The van der Waals surface area contributed by atoms with E-state index in [1.807, 2.05) is 42.1 Å². The van der Waals surface area contributed by atoms with Crippen LogP contribution in [0.3, 0.4) is 0 Å². The van der Waals surface area contributed by atoms with E-state index in [-0.39, 0.29) is 0 Å². The van der Waals surface area contributed by atoms with Crippen molar-refractivity contribution in [3.8, 4) is 0 Å². The van der Waals surface area contributed by atoms with E-state index >= 15 is 0 Å². The molecule has 0 aliphatic heterocycles. The third kappa shape index (κ3) is 1.92. The number of hydrogen-bond acceptors (Lipinski definition) is 2. The van der Waals surface area contributed by atoms with Crippen molar-refractivity contribution in [1.82, 2.24) is 9.78 Å². The normalized spacial score (nSPS) is 20.9. The number of aryl methyl sites for hydroxylation is 3. The van der Waals surface area contributed by atoms with Gasteiger partial charge in [0.1, 0.15) is 0 Å². The Morgan fingerprint density at radius 1 is 1.40 bits per heavy atom. The minimum Gasteiger partial charge on any atom is -0.481 e. The molecule has 0 saturated carbocycles. The van der Waals surface area contributed by atoms with Crippen LogP contribution in [0.25, 0.3) is 0 Å². The number of hydrogen-bond donors (Lipinski definition) is 1. The summed E-state index contributed by atoms with van der Waals surface area (Å²) in [6, 6.07) is 9.89. The van der Waals surface area contributed by atoms with Crippen LogP contribution in [0.5, 0.6) is 0 Å². The van der Waals surface area contributed by atoms with E-state index < -0.39 is 11.4 Å². The van der Waals surface area contributed by atoms with Crippen molar-refractivity contribution in [2.75, 3.05) is 0 Å². The lowest BCUT2D eigenvalue weighted by molar-refractivity contribution is -0.144. The average Bonchev–Trinajstić information content (AvgIpc) is 3.01. The quantitative estimate of drug-likeness (QED) is 0.927. The van der Waals surface area contributed by atoms with Gasteiger partial charge in [-0.3, -0.25) is 9.48 Å². The fourth-order valence-corrected chi connectivity index (χ4v) is 3.26. The van der Waals surface area contributed by atoms with E-state index in [1.54, 1.807) is 6.20 Å². The summed E-state index contributed by atoms with van der Waals surface area (Å²) in [5, 5.41) is 13.9. The third-order valence-corrected chi connectivity index (χ3v) is 4.49. The van der Waals surface area contributed by atoms with Crippen molar-refractivity contribution < 1.29 is 9.90 Å². The second kappa shape index (κ2) is 4.78. The zero-order valence-electron chi connectivity index (χ0n) is 11.5. The molecule has 0 saturated heterocycles. The van der Waals surface area contributed by atoms with E-state index in [0.717, 1.165) is 24.1 Å². The Kier molecular flexibility index (Phi) is 3.08. The Balaban J connectivity index is 1.91. The summed E-state index contributed by atoms with van der Waals surface area (Å²) in [7, 11) is 1.89. The molecule has 3 rings (SSSR count). The van der Waals surface area contributed by atoms with Crippen LogP contribution < -0.4 is 0 Å². The van der Waals surface area contributed by atoms with Gasteiger partial charge in [0.05, 0.1) is 5.41 Å². The maximum Gasteiger partial charge on any atom is 0.314 e. The van der Waals surface area contributed by atoms with E-state index in [4.69, 9.17) is 0 Å². The SMILES string of the molecule is Cn1nccc1CCC1(C(=O)O)CCc2ccccc21. The summed E-state index contributed by atoms with van der Waals surface area (Å²) in [6.45, 7) is 0. The van der Waals surface area contributed by atoms with E-state index in [1.165, 1.54) is 5.56 Å². The van der Waals surface area contributed by atoms with Crippen LogP contribution in [-0.4, -0.2) is 20.9 Å². The molecule has 1 N–H and O–H groups in total. The average molecular weight is 270 g/mol. The predicted molar refractivity (Wildman–Crippen MR) is 75.6 cm³/mol. The largest absolute Gasteiger partial charge is 0.481 e. The standard InChI is InChI=1S/C16H18N2O2/c1-18-13(8-11-17-18)7-10-16(15(19)20)9-6-12-4-2-3-5-14(12)16/h2-5,8,11H,6-7,9-10H2,1H3,(H,19,20). The third-order valence-electron chi connectivity index (χ3n) is 4.49. The van der Waals surface area contributed by atoms with Crippen LogP contribution in [0.2, 0.25) is 0 Å². The Morgan fingerprint density at radius 2 is 2.20 bits per heavy atom. The second-order valence-corrected chi connectivity index (χ2v) is 5.49. The van der Waals surface area contributed by atoms with Gasteiger partial charge in [0.15, 0.2) is 0 Å². The Labute approximate surface area is 118 Å². The summed E-state index contributed by atoms with van der Waals surface area (Å²) in [4.78, 5) is 11.9. The molecule has 1 aromatic heterocycles. The van der Waals surface area contributed by atoms with Gasteiger partial charge >= 0.3 is 5.97 Å². The molecular formula is C16H18N2O2. The zero-order valence-corrected chi connectivity index (χ0v) is 11.5. The molecule has 0 amide bonds. The molecule has 1 aromatic carbocycles. The molecule has 1 aliphatic carbocycles.